The number of hydrogen-bond donors (Lipinski definition) is 2. The molecular weight excluding hydrogens is 413 g/mol. The van der Waals surface area contributed by atoms with Crippen LogP contribution in [0.5, 0.6) is 5.75 Å². The molecule has 0 spiro atoms. The van der Waals surface area contributed by atoms with E-state index in [0.29, 0.717) is 37.7 Å². The molecule has 0 radical (unpaired) electrons. The Morgan fingerprint density at radius 2 is 2.03 bits per heavy atom. The van der Waals surface area contributed by atoms with E-state index in [1.54, 1.807) is 12.1 Å². The molecule has 32 heavy (non-hydrogen) atoms. The summed E-state index contributed by atoms with van der Waals surface area (Å²) in [5, 5.41) is 17.6. The van der Waals surface area contributed by atoms with Gasteiger partial charge in [0, 0.05) is 25.7 Å². The van der Waals surface area contributed by atoms with Crippen LogP contribution in [0, 0.1) is 12.7 Å². The maximum Gasteiger partial charge on any atom is 0.296 e. The molecule has 0 saturated heterocycles. The van der Waals surface area contributed by atoms with E-state index in [4.69, 9.17) is 4.52 Å². The zero-order chi connectivity index (χ0) is 23.0. The van der Waals surface area contributed by atoms with Crippen molar-refractivity contribution >= 4 is 5.70 Å². The van der Waals surface area contributed by atoms with E-state index in [1.807, 2.05) is 26.8 Å². The molecule has 2 aromatic heterocycles. The van der Waals surface area contributed by atoms with Gasteiger partial charge >= 0.3 is 0 Å². The SMILES string of the molecule is C=C(NCc1ccc(F)cc1)c1nc2n(c(=O)c1O)CCN(Cc1cc(C)no1)C2(C)C. The molecule has 3 heterocycles. The summed E-state index contributed by atoms with van der Waals surface area (Å²) < 4.78 is 20.0. The van der Waals surface area contributed by atoms with Crippen LogP contribution in [-0.4, -0.2) is 31.3 Å². The van der Waals surface area contributed by atoms with E-state index >= 15 is 0 Å². The zero-order valence-corrected chi connectivity index (χ0v) is 18.4. The number of aromatic nitrogens is 3. The lowest BCUT2D eigenvalue weighted by molar-refractivity contribution is 0.0568. The number of fused-ring (bicyclic) bond motifs is 1. The van der Waals surface area contributed by atoms with Crippen LogP contribution in [0.25, 0.3) is 5.70 Å². The van der Waals surface area contributed by atoms with Crippen LogP contribution in [-0.2, 0) is 25.2 Å². The fourth-order valence-electron chi connectivity index (χ4n) is 3.92. The Morgan fingerprint density at radius 1 is 1.31 bits per heavy atom. The first kappa shape index (κ1) is 21.8. The molecule has 0 bridgehead atoms. The summed E-state index contributed by atoms with van der Waals surface area (Å²) >= 11 is 0. The quantitative estimate of drug-likeness (QED) is 0.610. The van der Waals surface area contributed by atoms with Crippen molar-refractivity contribution in [1.29, 1.82) is 0 Å². The molecule has 0 fully saturated rings. The standard InChI is InChI=1S/C23H26FN5O3/c1-14-11-18(32-27-14)13-28-9-10-29-21(31)20(30)19(26-22(29)23(28,3)4)15(2)25-12-16-5-7-17(24)8-6-16/h5-8,11,25,30H,2,9-10,12-13H2,1,3-4H3. The molecular formula is C23H26FN5O3. The molecule has 0 unspecified atom stereocenters. The molecule has 8 nitrogen and oxygen atoms in total. The summed E-state index contributed by atoms with van der Waals surface area (Å²) in [5.41, 5.74) is 0.936. The average Bonchev–Trinajstić information content (AvgIpc) is 3.16. The summed E-state index contributed by atoms with van der Waals surface area (Å²) in [5.74, 6) is 0.501. The highest BCUT2D eigenvalue weighted by Gasteiger charge is 2.38. The molecule has 4 rings (SSSR count). The van der Waals surface area contributed by atoms with Crippen LogP contribution in [0.15, 0.2) is 46.2 Å². The zero-order valence-electron chi connectivity index (χ0n) is 18.4. The molecule has 0 atom stereocenters. The van der Waals surface area contributed by atoms with Gasteiger partial charge in [-0.1, -0.05) is 23.9 Å². The smallest absolute Gasteiger partial charge is 0.296 e. The number of nitrogens with zero attached hydrogens (tertiary/aromatic N) is 4. The molecule has 1 aromatic carbocycles. The third-order valence-electron chi connectivity index (χ3n) is 5.81. The van der Waals surface area contributed by atoms with Gasteiger partial charge in [-0.3, -0.25) is 14.3 Å². The van der Waals surface area contributed by atoms with E-state index in [9.17, 15) is 14.3 Å². The minimum atomic E-state index is -0.613. The number of aromatic hydroxyl groups is 1. The van der Waals surface area contributed by atoms with Crippen LogP contribution in [0.2, 0.25) is 0 Å². The Bertz CT molecular complexity index is 1210. The van der Waals surface area contributed by atoms with Gasteiger partial charge in [0.05, 0.1) is 23.5 Å². The van der Waals surface area contributed by atoms with Gasteiger partial charge in [0.25, 0.3) is 5.56 Å². The molecule has 0 saturated carbocycles. The second kappa shape index (κ2) is 8.23. The normalized spacial score (nSPS) is 15.4. The predicted octanol–water partition coefficient (Wildman–Crippen LogP) is 2.90. The fraction of sp³-hybridized carbons (Fsp3) is 0.348. The van der Waals surface area contributed by atoms with Gasteiger partial charge in [-0.25, -0.2) is 9.37 Å². The van der Waals surface area contributed by atoms with Crippen LogP contribution < -0.4 is 10.9 Å². The maximum absolute atomic E-state index is 13.1. The van der Waals surface area contributed by atoms with Crippen molar-refractivity contribution in [1.82, 2.24) is 24.9 Å². The van der Waals surface area contributed by atoms with Gasteiger partial charge in [0.2, 0.25) is 5.75 Å². The van der Waals surface area contributed by atoms with Gasteiger partial charge in [0.15, 0.2) is 5.76 Å². The van der Waals surface area contributed by atoms with Crippen molar-refractivity contribution in [3.63, 3.8) is 0 Å². The average molecular weight is 439 g/mol. The molecule has 0 aliphatic carbocycles. The Balaban J connectivity index is 1.61. The molecule has 0 amide bonds. The van der Waals surface area contributed by atoms with Crippen molar-refractivity contribution in [2.24, 2.45) is 0 Å². The Hall–Kier alpha value is -3.46. The fourth-order valence-corrected chi connectivity index (χ4v) is 3.92. The van der Waals surface area contributed by atoms with Crippen molar-refractivity contribution in [2.45, 2.75) is 45.9 Å². The topological polar surface area (TPSA) is 96.4 Å². The summed E-state index contributed by atoms with van der Waals surface area (Å²) in [6, 6.07) is 7.92. The van der Waals surface area contributed by atoms with Gasteiger partial charge in [-0.15, -0.1) is 0 Å². The van der Waals surface area contributed by atoms with Crippen LogP contribution >= 0.6 is 0 Å². The first-order chi connectivity index (χ1) is 15.2. The largest absolute Gasteiger partial charge is 0.501 e. The predicted molar refractivity (Wildman–Crippen MR) is 117 cm³/mol. The molecule has 9 heteroatoms. The monoisotopic (exact) mass is 439 g/mol. The first-order valence-corrected chi connectivity index (χ1v) is 10.4. The minimum absolute atomic E-state index is 0.105. The number of halogens is 1. The minimum Gasteiger partial charge on any atom is -0.501 e. The van der Waals surface area contributed by atoms with E-state index in [-0.39, 0.29) is 11.5 Å². The van der Waals surface area contributed by atoms with Gasteiger partial charge < -0.3 is 14.9 Å². The first-order valence-electron chi connectivity index (χ1n) is 10.4. The van der Waals surface area contributed by atoms with E-state index < -0.39 is 16.8 Å². The number of nitrogens with one attached hydrogen (secondary N) is 1. The van der Waals surface area contributed by atoms with Crippen LogP contribution in [0.1, 0.15) is 42.4 Å². The lowest BCUT2D eigenvalue weighted by Crippen LogP contribution is -2.52. The van der Waals surface area contributed by atoms with Crippen molar-refractivity contribution in [3.05, 3.63) is 81.6 Å². The van der Waals surface area contributed by atoms with E-state index in [1.165, 1.54) is 16.7 Å². The van der Waals surface area contributed by atoms with E-state index in [2.05, 4.69) is 26.9 Å². The molecule has 2 N–H and O–H groups in total. The highest BCUT2D eigenvalue weighted by Crippen LogP contribution is 2.32. The maximum atomic E-state index is 13.1. The van der Waals surface area contributed by atoms with Crippen molar-refractivity contribution in [2.75, 3.05) is 6.54 Å². The second-order valence-corrected chi connectivity index (χ2v) is 8.46. The van der Waals surface area contributed by atoms with Crippen molar-refractivity contribution in [3.8, 4) is 5.75 Å². The molecule has 3 aromatic rings. The van der Waals surface area contributed by atoms with Crippen molar-refractivity contribution < 1.29 is 14.0 Å². The summed E-state index contributed by atoms with van der Waals surface area (Å²) in [7, 11) is 0. The number of hydrogen-bond acceptors (Lipinski definition) is 7. The van der Waals surface area contributed by atoms with Gasteiger partial charge in [-0.2, -0.15) is 0 Å². The number of aryl methyl sites for hydroxylation is 1. The van der Waals surface area contributed by atoms with Crippen LogP contribution in [0.3, 0.4) is 0 Å². The Labute approximate surface area is 185 Å². The van der Waals surface area contributed by atoms with Gasteiger partial charge in [0.1, 0.15) is 17.3 Å². The molecule has 1 aliphatic rings. The number of benzene rings is 1. The van der Waals surface area contributed by atoms with E-state index in [0.717, 1.165) is 17.0 Å². The third-order valence-corrected chi connectivity index (χ3v) is 5.81. The Morgan fingerprint density at radius 3 is 2.69 bits per heavy atom. The summed E-state index contributed by atoms with van der Waals surface area (Å²) in [4.78, 5) is 19.7. The number of rotatable bonds is 6. The second-order valence-electron chi connectivity index (χ2n) is 8.46. The van der Waals surface area contributed by atoms with Gasteiger partial charge in [-0.05, 0) is 38.5 Å². The summed E-state index contributed by atoms with van der Waals surface area (Å²) in [6.45, 7) is 11.6. The lowest BCUT2D eigenvalue weighted by Gasteiger charge is -2.42. The molecule has 1 aliphatic heterocycles. The molecule has 168 valence electrons. The highest BCUT2D eigenvalue weighted by atomic mass is 19.1. The summed E-state index contributed by atoms with van der Waals surface area (Å²) in [6.07, 6.45) is 0. The third kappa shape index (κ3) is 4.03. The Kier molecular flexibility index (Phi) is 5.60. The van der Waals surface area contributed by atoms with Crippen LogP contribution in [0.4, 0.5) is 4.39 Å². The lowest BCUT2D eigenvalue weighted by atomic mass is 9.97. The highest BCUT2D eigenvalue weighted by molar-refractivity contribution is 5.63.